The fourth-order valence-corrected chi connectivity index (χ4v) is 3.64. The Morgan fingerprint density at radius 3 is 2.70 bits per heavy atom. The first kappa shape index (κ1) is 18.3. The number of hydrogen-bond donors (Lipinski definition) is 1. The van der Waals surface area contributed by atoms with Crippen LogP contribution in [0.4, 0.5) is 0 Å². The van der Waals surface area contributed by atoms with Crippen LogP contribution in [-0.4, -0.2) is 73.1 Å². The lowest BCUT2D eigenvalue weighted by atomic mass is 10.0. The first-order valence-electron chi connectivity index (χ1n) is 8.06. The molecule has 0 saturated carbocycles. The van der Waals surface area contributed by atoms with Gasteiger partial charge in [-0.3, -0.25) is 14.6 Å². The molecule has 23 heavy (non-hydrogen) atoms. The van der Waals surface area contributed by atoms with Gasteiger partial charge in [-0.05, 0) is 23.4 Å². The molecule has 1 N–H and O–H groups in total. The van der Waals surface area contributed by atoms with Crippen LogP contribution in [0.2, 0.25) is 0 Å². The molecule has 0 unspecified atom stereocenters. The van der Waals surface area contributed by atoms with E-state index in [0.717, 1.165) is 55.5 Å². The van der Waals surface area contributed by atoms with Crippen molar-refractivity contribution in [3.05, 3.63) is 29.8 Å². The summed E-state index contributed by atoms with van der Waals surface area (Å²) in [6.45, 7) is 7.04. The molecule has 0 aromatic heterocycles. The highest BCUT2D eigenvalue weighted by Gasteiger charge is 2.30. The van der Waals surface area contributed by atoms with Crippen molar-refractivity contribution in [3.8, 4) is 0 Å². The number of methoxy groups -OCH3 is 1. The van der Waals surface area contributed by atoms with E-state index < -0.39 is 12.0 Å². The Hall–Kier alpha value is -1.08. The van der Waals surface area contributed by atoms with Crippen LogP contribution in [0.1, 0.15) is 18.5 Å². The molecule has 1 aromatic rings. The average Bonchev–Trinajstić information content (AvgIpc) is 2.55. The highest BCUT2D eigenvalue weighted by atomic mass is 32.2. The fourth-order valence-electron chi connectivity index (χ4n) is 2.92. The maximum absolute atomic E-state index is 11.8. The van der Waals surface area contributed by atoms with Gasteiger partial charge in [-0.2, -0.15) is 0 Å². The molecule has 0 bridgehead atoms. The van der Waals surface area contributed by atoms with Crippen molar-refractivity contribution in [2.45, 2.75) is 17.9 Å². The number of hydrogen-bond acceptors (Lipinski definition) is 5. The summed E-state index contributed by atoms with van der Waals surface area (Å²) in [7, 11) is 1.71. The molecule has 0 spiro atoms. The van der Waals surface area contributed by atoms with Crippen LogP contribution in [-0.2, 0) is 9.53 Å². The van der Waals surface area contributed by atoms with Gasteiger partial charge in [0.25, 0.3) is 0 Å². The van der Waals surface area contributed by atoms with Gasteiger partial charge in [-0.15, -0.1) is 11.8 Å². The number of nitrogens with zero attached hydrogens (tertiary/aromatic N) is 2. The lowest BCUT2D eigenvalue weighted by molar-refractivity contribution is -0.144. The van der Waals surface area contributed by atoms with E-state index in [0.29, 0.717) is 0 Å². The van der Waals surface area contributed by atoms with E-state index in [1.807, 2.05) is 24.3 Å². The summed E-state index contributed by atoms with van der Waals surface area (Å²) in [5.74, 6) is 0.216. The molecule has 5 nitrogen and oxygen atoms in total. The summed E-state index contributed by atoms with van der Waals surface area (Å²) in [4.78, 5) is 17.4. The standard InChI is InChI=1S/C17H26N2O3S/c1-3-23-15-6-4-5-14(13-15)16(17(20)21)19-9-7-18(8-10-19)11-12-22-2/h4-6,13,16H,3,7-12H2,1-2H3,(H,20,21)/t16-/m0/s1. The van der Waals surface area contributed by atoms with Gasteiger partial charge in [0.05, 0.1) is 6.61 Å². The van der Waals surface area contributed by atoms with E-state index in [4.69, 9.17) is 4.74 Å². The van der Waals surface area contributed by atoms with E-state index >= 15 is 0 Å². The van der Waals surface area contributed by atoms with Crippen LogP contribution in [0.5, 0.6) is 0 Å². The second kappa shape index (κ2) is 9.27. The zero-order valence-corrected chi connectivity index (χ0v) is 14.7. The van der Waals surface area contributed by atoms with Gasteiger partial charge in [0.1, 0.15) is 6.04 Å². The van der Waals surface area contributed by atoms with Crippen molar-refractivity contribution in [1.82, 2.24) is 9.80 Å². The van der Waals surface area contributed by atoms with Crippen molar-refractivity contribution < 1.29 is 14.6 Å². The summed E-state index contributed by atoms with van der Waals surface area (Å²) in [5, 5.41) is 9.72. The molecule has 1 aromatic carbocycles. The molecule has 2 rings (SSSR count). The van der Waals surface area contributed by atoms with Gasteiger partial charge in [0.2, 0.25) is 0 Å². The monoisotopic (exact) mass is 338 g/mol. The topological polar surface area (TPSA) is 53.0 Å². The summed E-state index contributed by atoms with van der Waals surface area (Å²) >= 11 is 1.74. The van der Waals surface area contributed by atoms with Crippen LogP contribution in [0.25, 0.3) is 0 Å². The van der Waals surface area contributed by atoms with Crippen LogP contribution in [0, 0.1) is 0 Å². The molecule has 1 aliphatic rings. The lowest BCUT2D eigenvalue weighted by Crippen LogP contribution is -2.49. The molecule has 1 aliphatic heterocycles. The van der Waals surface area contributed by atoms with Crippen molar-refractivity contribution in [2.24, 2.45) is 0 Å². The Bertz CT molecular complexity index is 504. The van der Waals surface area contributed by atoms with Crippen molar-refractivity contribution >= 4 is 17.7 Å². The van der Waals surface area contributed by atoms with Crippen molar-refractivity contribution in [3.63, 3.8) is 0 Å². The predicted molar refractivity (Wildman–Crippen MR) is 93.1 cm³/mol. The number of piperazine rings is 1. The molecular weight excluding hydrogens is 312 g/mol. The zero-order valence-electron chi connectivity index (χ0n) is 13.9. The van der Waals surface area contributed by atoms with Crippen molar-refractivity contribution in [1.29, 1.82) is 0 Å². The van der Waals surface area contributed by atoms with Gasteiger partial charge >= 0.3 is 5.97 Å². The highest BCUT2D eigenvalue weighted by Crippen LogP contribution is 2.27. The van der Waals surface area contributed by atoms with Gasteiger partial charge in [0, 0.05) is 44.7 Å². The molecule has 1 heterocycles. The second-order valence-corrected chi connectivity index (χ2v) is 6.95. The van der Waals surface area contributed by atoms with Crippen LogP contribution in [0.3, 0.4) is 0 Å². The second-order valence-electron chi connectivity index (χ2n) is 5.62. The Labute approximate surface area is 142 Å². The number of carboxylic acid groups (broad SMARTS) is 1. The minimum atomic E-state index is -0.769. The minimum Gasteiger partial charge on any atom is -0.480 e. The maximum atomic E-state index is 11.8. The number of rotatable bonds is 8. The summed E-state index contributed by atoms with van der Waals surface area (Å²) in [6, 6.07) is 7.38. The van der Waals surface area contributed by atoms with E-state index in [1.54, 1.807) is 18.9 Å². The quantitative estimate of drug-likeness (QED) is 0.733. The van der Waals surface area contributed by atoms with Gasteiger partial charge < -0.3 is 9.84 Å². The molecule has 0 aliphatic carbocycles. The van der Waals surface area contributed by atoms with Gasteiger partial charge in [-0.25, -0.2) is 0 Å². The van der Waals surface area contributed by atoms with Crippen molar-refractivity contribution in [2.75, 3.05) is 52.2 Å². The minimum absolute atomic E-state index is 0.558. The number of ether oxygens (including phenoxy) is 1. The molecule has 128 valence electrons. The Kier molecular flexibility index (Phi) is 7.36. The smallest absolute Gasteiger partial charge is 0.325 e. The maximum Gasteiger partial charge on any atom is 0.325 e. The number of carboxylic acids is 1. The number of thioether (sulfide) groups is 1. The first-order chi connectivity index (χ1) is 11.2. The molecule has 1 fully saturated rings. The number of aliphatic carboxylic acids is 1. The van der Waals surface area contributed by atoms with Crippen LogP contribution >= 0.6 is 11.8 Å². The lowest BCUT2D eigenvalue weighted by Gasteiger charge is -2.37. The van der Waals surface area contributed by atoms with E-state index in [-0.39, 0.29) is 0 Å². The van der Waals surface area contributed by atoms with Crippen LogP contribution < -0.4 is 0 Å². The summed E-state index contributed by atoms with van der Waals surface area (Å²) in [6.07, 6.45) is 0. The largest absolute Gasteiger partial charge is 0.480 e. The fraction of sp³-hybridized carbons (Fsp3) is 0.588. The third-order valence-corrected chi connectivity index (χ3v) is 4.98. The third-order valence-electron chi connectivity index (χ3n) is 4.10. The van der Waals surface area contributed by atoms with Crippen LogP contribution in [0.15, 0.2) is 29.2 Å². The third kappa shape index (κ3) is 5.21. The molecule has 1 saturated heterocycles. The van der Waals surface area contributed by atoms with E-state index in [9.17, 15) is 9.90 Å². The zero-order chi connectivity index (χ0) is 16.7. The molecule has 0 radical (unpaired) electrons. The SMILES string of the molecule is CCSc1cccc([C@@H](C(=O)O)N2CCN(CCOC)CC2)c1. The highest BCUT2D eigenvalue weighted by molar-refractivity contribution is 7.99. The number of carbonyl (C=O) groups is 1. The van der Waals surface area contributed by atoms with Gasteiger partial charge in [-0.1, -0.05) is 19.1 Å². The normalized spacial score (nSPS) is 18.0. The predicted octanol–water partition coefficient (Wildman–Crippen LogP) is 2.19. The first-order valence-corrected chi connectivity index (χ1v) is 9.05. The molecule has 6 heteroatoms. The van der Waals surface area contributed by atoms with E-state index in [2.05, 4.69) is 16.7 Å². The summed E-state index contributed by atoms with van der Waals surface area (Å²) < 4.78 is 5.11. The Morgan fingerprint density at radius 2 is 2.09 bits per heavy atom. The number of benzene rings is 1. The molecule has 1 atom stereocenters. The molecule has 0 amide bonds. The Morgan fingerprint density at radius 1 is 1.35 bits per heavy atom. The molecular formula is C17H26N2O3S. The van der Waals surface area contributed by atoms with Gasteiger partial charge in [0.15, 0.2) is 0 Å². The van der Waals surface area contributed by atoms with E-state index in [1.165, 1.54) is 0 Å². The summed E-state index contributed by atoms with van der Waals surface area (Å²) in [5.41, 5.74) is 0.876. The Balaban J connectivity index is 2.05. The average molecular weight is 338 g/mol.